The summed E-state index contributed by atoms with van der Waals surface area (Å²) in [6.07, 6.45) is 5.72. The lowest BCUT2D eigenvalue weighted by molar-refractivity contribution is -0.159. The van der Waals surface area contributed by atoms with Crippen LogP contribution in [0.2, 0.25) is 0 Å². The number of thiol groups is 1. The van der Waals surface area contributed by atoms with Gasteiger partial charge < -0.3 is 14.2 Å². The van der Waals surface area contributed by atoms with Crippen LogP contribution in [-0.2, 0) is 19.0 Å². The van der Waals surface area contributed by atoms with Crippen LogP contribution in [0.5, 0.6) is 0 Å². The Morgan fingerprint density at radius 2 is 2.06 bits per heavy atom. The third-order valence-electron chi connectivity index (χ3n) is 4.24. The molecule has 3 atom stereocenters. The third-order valence-corrected chi connectivity index (χ3v) is 4.85. The fraction of sp³-hybridized carbons (Fsp3) is 0.923. The molecular weight excluding hydrogens is 252 g/mol. The van der Waals surface area contributed by atoms with Gasteiger partial charge in [-0.15, -0.1) is 12.6 Å². The van der Waals surface area contributed by atoms with Crippen molar-refractivity contribution in [1.29, 1.82) is 0 Å². The average Bonchev–Trinajstić information content (AvgIpc) is 2.89. The number of carbonyl (C=O) groups is 1. The molecule has 0 aromatic rings. The molecule has 0 bridgehead atoms. The zero-order chi connectivity index (χ0) is 12.6. The van der Waals surface area contributed by atoms with Crippen molar-refractivity contribution < 1.29 is 19.0 Å². The van der Waals surface area contributed by atoms with Gasteiger partial charge in [-0.25, -0.2) is 0 Å². The summed E-state index contributed by atoms with van der Waals surface area (Å²) in [5, 5.41) is 0. The molecule has 1 saturated carbocycles. The number of esters is 1. The highest BCUT2D eigenvalue weighted by Crippen LogP contribution is 2.41. The molecule has 3 aliphatic rings. The smallest absolute Gasteiger partial charge is 0.309 e. The Bertz CT molecular complexity index is 329. The number of hydrogen-bond donors (Lipinski definition) is 1. The summed E-state index contributed by atoms with van der Waals surface area (Å²) in [6.45, 7) is 1.04. The molecule has 3 fully saturated rings. The molecule has 0 aromatic carbocycles. The van der Waals surface area contributed by atoms with Gasteiger partial charge >= 0.3 is 5.97 Å². The zero-order valence-electron chi connectivity index (χ0n) is 10.5. The summed E-state index contributed by atoms with van der Waals surface area (Å²) < 4.78 is 16.8. The predicted octanol–water partition coefficient (Wildman–Crippen LogP) is 1.92. The molecule has 5 heteroatoms. The van der Waals surface area contributed by atoms with E-state index in [0.29, 0.717) is 13.2 Å². The normalized spacial score (nSPS) is 40.7. The van der Waals surface area contributed by atoms with Crippen LogP contribution in [0.3, 0.4) is 0 Å². The summed E-state index contributed by atoms with van der Waals surface area (Å²) in [5.41, 5.74) is 0. The standard InChI is InChI=1S/C13H20O4S/c14-12(9-4-2-1-3-5-9)17-10-8-16-13(18)6-7-15-11(10)13/h9-11,18H,1-8H2/t10?,11-,13+/m1/s1. The molecule has 2 heterocycles. The van der Waals surface area contributed by atoms with Crippen LogP contribution >= 0.6 is 12.6 Å². The van der Waals surface area contributed by atoms with Gasteiger partial charge in [-0.2, -0.15) is 0 Å². The molecule has 0 N–H and O–H groups in total. The van der Waals surface area contributed by atoms with E-state index in [1.807, 2.05) is 0 Å². The summed E-state index contributed by atoms with van der Waals surface area (Å²) in [5.74, 6) is 0.00598. The van der Waals surface area contributed by atoms with Gasteiger partial charge in [0.15, 0.2) is 6.10 Å². The molecule has 0 amide bonds. The van der Waals surface area contributed by atoms with Gasteiger partial charge in [0.1, 0.15) is 11.0 Å². The first kappa shape index (κ1) is 12.8. The maximum absolute atomic E-state index is 12.1. The zero-order valence-corrected chi connectivity index (χ0v) is 11.4. The number of fused-ring (bicyclic) bond motifs is 1. The van der Waals surface area contributed by atoms with Gasteiger partial charge in [-0.1, -0.05) is 19.3 Å². The summed E-state index contributed by atoms with van der Waals surface area (Å²) in [6, 6.07) is 0. The second-order valence-electron chi connectivity index (χ2n) is 5.51. The largest absolute Gasteiger partial charge is 0.457 e. The maximum atomic E-state index is 12.1. The quantitative estimate of drug-likeness (QED) is 0.616. The van der Waals surface area contributed by atoms with Gasteiger partial charge in [0.05, 0.1) is 19.1 Å². The topological polar surface area (TPSA) is 44.8 Å². The van der Waals surface area contributed by atoms with E-state index in [1.54, 1.807) is 0 Å². The van der Waals surface area contributed by atoms with Gasteiger partial charge in [0, 0.05) is 6.42 Å². The Morgan fingerprint density at radius 3 is 2.83 bits per heavy atom. The van der Waals surface area contributed by atoms with Crippen molar-refractivity contribution in [2.24, 2.45) is 5.92 Å². The van der Waals surface area contributed by atoms with Gasteiger partial charge in [0.2, 0.25) is 0 Å². The van der Waals surface area contributed by atoms with Crippen molar-refractivity contribution in [3.63, 3.8) is 0 Å². The van der Waals surface area contributed by atoms with Crippen molar-refractivity contribution in [2.75, 3.05) is 13.2 Å². The first-order chi connectivity index (χ1) is 8.69. The molecule has 1 aliphatic carbocycles. The Balaban J connectivity index is 1.58. The van der Waals surface area contributed by atoms with Crippen molar-refractivity contribution in [3.8, 4) is 0 Å². The van der Waals surface area contributed by atoms with Gasteiger partial charge in [-0.05, 0) is 12.8 Å². The van der Waals surface area contributed by atoms with Crippen molar-refractivity contribution in [1.82, 2.24) is 0 Å². The highest BCUT2D eigenvalue weighted by molar-refractivity contribution is 7.81. The van der Waals surface area contributed by atoms with Gasteiger partial charge in [0.25, 0.3) is 0 Å². The molecular formula is C13H20O4S. The van der Waals surface area contributed by atoms with E-state index in [9.17, 15) is 4.79 Å². The van der Waals surface area contributed by atoms with E-state index >= 15 is 0 Å². The summed E-state index contributed by atoms with van der Waals surface area (Å²) in [4.78, 5) is 11.5. The lowest BCUT2D eigenvalue weighted by atomic mass is 9.89. The van der Waals surface area contributed by atoms with E-state index in [4.69, 9.17) is 14.2 Å². The van der Waals surface area contributed by atoms with Crippen LogP contribution in [0.15, 0.2) is 0 Å². The molecule has 0 aromatic heterocycles. The highest BCUT2D eigenvalue weighted by atomic mass is 32.1. The predicted molar refractivity (Wildman–Crippen MR) is 68.5 cm³/mol. The third kappa shape index (κ3) is 2.28. The Hall–Kier alpha value is -0.260. The lowest BCUT2D eigenvalue weighted by Gasteiger charge is -2.25. The SMILES string of the molecule is O=C(OC1CO[C@]2(S)CCO[C@H]12)C1CCCCC1. The minimum absolute atomic E-state index is 0.0728. The van der Waals surface area contributed by atoms with Crippen molar-refractivity contribution in [3.05, 3.63) is 0 Å². The van der Waals surface area contributed by atoms with Crippen molar-refractivity contribution >= 4 is 18.6 Å². The molecule has 102 valence electrons. The second-order valence-corrected chi connectivity index (χ2v) is 6.26. The molecule has 18 heavy (non-hydrogen) atoms. The molecule has 2 aliphatic heterocycles. The number of carbonyl (C=O) groups excluding carboxylic acids is 1. The number of hydrogen-bond acceptors (Lipinski definition) is 5. The van der Waals surface area contributed by atoms with Crippen LogP contribution in [0.1, 0.15) is 38.5 Å². The summed E-state index contributed by atoms with van der Waals surface area (Å²) >= 11 is 4.51. The van der Waals surface area contributed by atoms with E-state index in [2.05, 4.69) is 12.6 Å². The van der Waals surface area contributed by atoms with E-state index < -0.39 is 4.93 Å². The Morgan fingerprint density at radius 1 is 1.28 bits per heavy atom. The monoisotopic (exact) mass is 272 g/mol. The molecule has 4 nitrogen and oxygen atoms in total. The number of ether oxygens (including phenoxy) is 3. The van der Waals surface area contributed by atoms with Crippen LogP contribution in [0.4, 0.5) is 0 Å². The first-order valence-electron chi connectivity index (χ1n) is 6.87. The molecule has 0 radical (unpaired) electrons. The number of rotatable bonds is 2. The summed E-state index contributed by atoms with van der Waals surface area (Å²) in [7, 11) is 0. The van der Waals surface area contributed by atoms with E-state index in [0.717, 1.165) is 32.1 Å². The van der Waals surface area contributed by atoms with Gasteiger partial charge in [-0.3, -0.25) is 4.79 Å². The molecule has 3 rings (SSSR count). The fourth-order valence-corrected chi connectivity index (χ4v) is 3.56. The van der Waals surface area contributed by atoms with Crippen LogP contribution in [0, 0.1) is 5.92 Å². The van der Waals surface area contributed by atoms with Crippen LogP contribution < -0.4 is 0 Å². The molecule has 0 spiro atoms. The van der Waals surface area contributed by atoms with Crippen LogP contribution in [0.25, 0.3) is 0 Å². The Labute approximate surface area is 113 Å². The molecule has 2 saturated heterocycles. The minimum Gasteiger partial charge on any atom is -0.457 e. The second kappa shape index (κ2) is 5.02. The maximum Gasteiger partial charge on any atom is 0.309 e. The van der Waals surface area contributed by atoms with Crippen molar-refractivity contribution in [2.45, 2.75) is 55.7 Å². The highest BCUT2D eigenvalue weighted by Gasteiger charge is 2.54. The van der Waals surface area contributed by atoms with Crippen LogP contribution in [-0.4, -0.2) is 36.3 Å². The average molecular weight is 272 g/mol. The first-order valence-corrected chi connectivity index (χ1v) is 7.32. The van der Waals surface area contributed by atoms with E-state index in [-0.39, 0.29) is 24.1 Å². The minimum atomic E-state index is -0.544. The Kier molecular flexibility index (Phi) is 3.56. The fourth-order valence-electron chi connectivity index (χ4n) is 3.15. The lowest BCUT2D eigenvalue weighted by Crippen LogP contribution is -2.38. The van der Waals surface area contributed by atoms with E-state index in [1.165, 1.54) is 6.42 Å². The molecule has 1 unspecified atom stereocenters.